The maximum atomic E-state index is 13.7. The number of ether oxygens (including phenoxy) is 2. The zero-order valence-electron chi connectivity index (χ0n) is 14.8. The normalized spacial score (nSPS) is 14.3. The van der Waals surface area contributed by atoms with Crippen LogP contribution in [-0.2, 0) is 0 Å². The van der Waals surface area contributed by atoms with E-state index >= 15 is 0 Å². The van der Waals surface area contributed by atoms with Gasteiger partial charge in [0, 0.05) is 11.6 Å². The van der Waals surface area contributed by atoms with E-state index in [1.165, 1.54) is 12.3 Å². The highest BCUT2D eigenvalue weighted by Gasteiger charge is 2.38. The number of nitrogens with one attached hydrogen (secondary N) is 1. The Kier molecular flexibility index (Phi) is 4.94. The van der Waals surface area contributed by atoms with Gasteiger partial charge in [-0.2, -0.15) is 8.78 Å². The van der Waals surface area contributed by atoms with Crippen molar-refractivity contribution in [1.82, 2.24) is 9.97 Å². The molecule has 1 aliphatic rings. The van der Waals surface area contributed by atoms with Crippen molar-refractivity contribution in [2.45, 2.75) is 6.11 Å². The first kappa shape index (κ1) is 19.9. The van der Waals surface area contributed by atoms with Gasteiger partial charge in [0.2, 0.25) is 0 Å². The molecule has 0 spiro atoms. The summed E-state index contributed by atoms with van der Waals surface area (Å²) >= 11 is 6.13. The van der Waals surface area contributed by atoms with E-state index in [4.69, 9.17) is 16.3 Å². The SMILES string of the molecule is O=C(Nc1cnc(-c2cc3c(cc2Cl)OC(F)(F)CO3)cn1)c1c(F)cccc1F. The van der Waals surface area contributed by atoms with Crippen LogP contribution in [0.2, 0.25) is 5.02 Å². The highest BCUT2D eigenvalue weighted by atomic mass is 35.5. The fourth-order valence-electron chi connectivity index (χ4n) is 2.70. The topological polar surface area (TPSA) is 73.3 Å². The number of amides is 1. The van der Waals surface area contributed by atoms with Crippen LogP contribution in [-0.4, -0.2) is 28.6 Å². The minimum Gasteiger partial charge on any atom is -0.479 e. The minimum atomic E-state index is -3.46. The summed E-state index contributed by atoms with van der Waals surface area (Å²) < 4.78 is 63.5. The molecule has 0 atom stereocenters. The van der Waals surface area contributed by atoms with E-state index in [0.29, 0.717) is 5.56 Å². The molecule has 1 N–H and O–H groups in total. The number of carbonyl (C=O) groups is 1. The van der Waals surface area contributed by atoms with Crippen LogP contribution < -0.4 is 14.8 Å². The lowest BCUT2D eigenvalue weighted by Crippen LogP contribution is -2.35. The number of hydrogen-bond donors (Lipinski definition) is 1. The molecule has 30 heavy (non-hydrogen) atoms. The van der Waals surface area contributed by atoms with E-state index in [-0.39, 0.29) is 28.0 Å². The lowest BCUT2D eigenvalue weighted by Gasteiger charge is -2.26. The van der Waals surface area contributed by atoms with Crippen molar-refractivity contribution in [2.75, 3.05) is 11.9 Å². The Balaban J connectivity index is 1.56. The molecule has 4 rings (SSSR count). The van der Waals surface area contributed by atoms with Crippen molar-refractivity contribution < 1.29 is 31.8 Å². The van der Waals surface area contributed by atoms with Gasteiger partial charge in [0.25, 0.3) is 5.91 Å². The van der Waals surface area contributed by atoms with Crippen molar-refractivity contribution in [3.05, 3.63) is 64.9 Å². The molecule has 0 fully saturated rings. The maximum absolute atomic E-state index is 13.7. The van der Waals surface area contributed by atoms with Crippen LogP contribution in [0.3, 0.4) is 0 Å². The summed E-state index contributed by atoms with van der Waals surface area (Å²) in [6, 6.07) is 5.56. The number of rotatable bonds is 3. The van der Waals surface area contributed by atoms with E-state index in [9.17, 15) is 22.4 Å². The summed E-state index contributed by atoms with van der Waals surface area (Å²) in [5.41, 5.74) is -0.205. The van der Waals surface area contributed by atoms with Gasteiger partial charge in [0.1, 0.15) is 17.2 Å². The summed E-state index contributed by atoms with van der Waals surface area (Å²) in [5, 5.41) is 2.29. The smallest absolute Gasteiger partial charge is 0.433 e. The fraction of sp³-hybridized carbons (Fsp3) is 0.105. The molecular formula is C19H10ClF4N3O3. The standard InChI is InChI=1S/C19H10ClF4N3O3/c20-10-5-15-14(29-8-19(23,24)30-15)4-9(10)13-6-26-16(7-25-13)27-18(28)17-11(21)2-1-3-12(17)22/h1-7H,8H2,(H,26,27,28). The zero-order chi connectivity index (χ0) is 21.5. The van der Waals surface area contributed by atoms with Gasteiger partial charge < -0.3 is 14.8 Å². The highest BCUT2D eigenvalue weighted by molar-refractivity contribution is 6.33. The molecule has 2 heterocycles. The average molecular weight is 440 g/mol. The molecule has 0 saturated carbocycles. The number of benzene rings is 2. The number of hydrogen-bond acceptors (Lipinski definition) is 5. The summed E-state index contributed by atoms with van der Waals surface area (Å²) in [6.07, 6.45) is -1.08. The Morgan fingerprint density at radius 2 is 1.83 bits per heavy atom. The molecule has 154 valence electrons. The molecule has 6 nitrogen and oxygen atoms in total. The summed E-state index contributed by atoms with van der Waals surface area (Å²) in [4.78, 5) is 20.2. The van der Waals surface area contributed by atoms with Crippen LogP contribution in [0.1, 0.15) is 10.4 Å². The molecule has 3 aromatic rings. The van der Waals surface area contributed by atoms with Crippen LogP contribution in [0.25, 0.3) is 11.3 Å². The van der Waals surface area contributed by atoms with Crippen LogP contribution in [0, 0.1) is 11.6 Å². The number of halogens is 5. The minimum absolute atomic E-state index is 0.0505. The van der Waals surface area contributed by atoms with Crippen molar-refractivity contribution in [3.8, 4) is 22.8 Å². The quantitative estimate of drug-likeness (QED) is 0.599. The van der Waals surface area contributed by atoms with Gasteiger partial charge in [-0.15, -0.1) is 0 Å². The first-order valence-corrected chi connectivity index (χ1v) is 8.72. The van der Waals surface area contributed by atoms with E-state index in [1.807, 2.05) is 0 Å². The third-order valence-corrected chi connectivity index (χ3v) is 4.36. The largest absolute Gasteiger partial charge is 0.479 e. The summed E-state index contributed by atoms with van der Waals surface area (Å²) in [6.45, 7) is -0.954. The van der Waals surface area contributed by atoms with Crippen LogP contribution in [0.5, 0.6) is 11.5 Å². The molecule has 1 aromatic heterocycles. The third-order valence-electron chi connectivity index (χ3n) is 4.05. The summed E-state index contributed by atoms with van der Waals surface area (Å²) in [5.74, 6) is -3.32. The second kappa shape index (κ2) is 7.45. The van der Waals surface area contributed by atoms with Gasteiger partial charge in [-0.25, -0.2) is 13.8 Å². The number of nitrogens with zero attached hydrogens (tertiary/aromatic N) is 2. The third kappa shape index (κ3) is 3.86. The second-order valence-corrected chi connectivity index (χ2v) is 6.55. The lowest BCUT2D eigenvalue weighted by molar-refractivity contribution is -0.208. The van der Waals surface area contributed by atoms with E-state index in [0.717, 1.165) is 30.5 Å². The Morgan fingerprint density at radius 3 is 2.50 bits per heavy atom. The predicted molar refractivity (Wildman–Crippen MR) is 97.9 cm³/mol. The van der Waals surface area contributed by atoms with Crippen molar-refractivity contribution in [1.29, 1.82) is 0 Å². The van der Waals surface area contributed by atoms with Crippen LogP contribution >= 0.6 is 11.6 Å². The molecule has 0 bridgehead atoms. The highest BCUT2D eigenvalue weighted by Crippen LogP contribution is 2.42. The van der Waals surface area contributed by atoms with Gasteiger partial charge in [-0.3, -0.25) is 9.78 Å². The molecule has 1 amide bonds. The van der Waals surface area contributed by atoms with E-state index in [2.05, 4.69) is 20.0 Å². The predicted octanol–water partition coefficient (Wildman–Crippen LogP) is 4.69. The van der Waals surface area contributed by atoms with Crippen LogP contribution in [0.4, 0.5) is 23.4 Å². The number of alkyl halides is 2. The van der Waals surface area contributed by atoms with Gasteiger partial charge >= 0.3 is 6.11 Å². The number of fused-ring (bicyclic) bond motifs is 1. The Bertz CT molecular complexity index is 1120. The number of aromatic nitrogens is 2. The van der Waals surface area contributed by atoms with E-state index < -0.39 is 35.8 Å². The first-order valence-electron chi connectivity index (χ1n) is 8.34. The maximum Gasteiger partial charge on any atom is 0.433 e. The Hall–Kier alpha value is -3.40. The molecule has 11 heteroatoms. The Labute approximate surface area is 171 Å². The van der Waals surface area contributed by atoms with Gasteiger partial charge in [-0.05, 0) is 18.2 Å². The molecule has 0 radical (unpaired) electrons. The molecule has 0 unspecified atom stereocenters. The first-order chi connectivity index (χ1) is 14.2. The van der Waals surface area contributed by atoms with Crippen LogP contribution in [0.15, 0.2) is 42.7 Å². The molecular weight excluding hydrogens is 430 g/mol. The summed E-state index contributed by atoms with van der Waals surface area (Å²) in [7, 11) is 0. The molecule has 2 aromatic carbocycles. The van der Waals surface area contributed by atoms with Gasteiger partial charge in [0.05, 0.1) is 23.1 Å². The number of carbonyl (C=O) groups excluding carboxylic acids is 1. The van der Waals surface area contributed by atoms with Crippen molar-refractivity contribution >= 4 is 23.3 Å². The average Bonchev–Trinajstić information content (AvgIpc) is 2.67. The van der Waals surface area contributed by atoms with E-state index in [1.54, 1.807) is 0 Å². The molecule has 0 saturated heterocycles. The Morgan fingerprint density at radius 1 is 1.10 bits per heavy atom. The van der Waals surface area contributed by atoms with Crippen molar-refractivity contribution in [3.63, 3.8) is 0 Å². The molecule has 0 aliphatic carbocycles. The fourth-order valence-corrected chi connectivity index (χ4v) is 2.95. The monoisotopic (exact) mass is 439 g/mol. The molecule has 1 aliphatic heterocycles. The second-order valence-electron chi connectivity index (χ2n) is 6.14. The van der Waals surface area contributed by atoms with Gasteiger partial charge in [-0.1, -0.05) is 17.7 Å². The number of anilines is 1. The zero-order valence-corrected chi connectivity index (χ0v) is 15.5. The van der Waals surface area contributed by atoms with Gasteiger partial charge in [0.15, 0.2) is 23.9 Å². The lowest BCUT2D eigenvalue weighted by atomic mass is 10.1. The van der Waals surface area contributed by atoms with Crippen molar-refractivity contribution in [2.24, 2.45) is 0 Å².